The number of anilines is 1. The van der Waals surface area contributed by atoms with Gasteiger partial charge in [0.2, 0.25) is 11.9 Å². The molecule has 0 saturated carbocycles. The number of rotatable bonds is 2. The molecule has 1 aromatic carbocycles. The van der Waals surface area contributed by atoms with E-state index in [9.17, 15) is 13.2 Å². The van der Waals surface area contributed by atoms with Crippen LogP contribution in [-0.2, 0) is 14.8 Å². The molecule has 0 saturated heterocycles. The van der Waals surface area contributed by atoms with Gasteiger partial charge in [0.25, 0.3) is 10.0 Å². The van der Waals surface area contributed by atoms with Crippen LogP contribution in [-0.4, -0.2) is 26.8 Å². The van der Waals surface area contributed by atoms with Crippen molar-refractivity contribution < 1.29 is 13.2 Å². The lowest BCUT2D eigenvalue weighted by atomic mass is 10.3. The molecular formula is C9H10N4O3S. The Bertz CT molecular complexity index is 577. The zero-order chi connectivity index (χ0) is 12.5. The second-order valence-electron chi connectivity index (χ2n) is 3.39. The number of benzene rings is 1. The van der Waals surface area contributed by atoms with Crippen LogP contribution in [0.3, 0.4) is 0 Å². The van der Waals surface area contributed by atoms with Gasteiger partial charge in [-0.15, -0.1) is 0 Å². The lowest BCUT2D eigenvalue weighted by Crippen LogP contribution is -2.39. The van der Waals surface area contributed by atoms with E-state index in [0.29, 0.717) is 5.69 Å². The van der Waals surface area contributed by atoms with Crippen LogP contribution in [0, 0.1) is 0 Å². The van der Waals surface area contributed by atoms with Crippen molar-refractivity contribution in [1.82, 2.24) is 10.0 Å². The van der Waals surface area contributed by atoms with Gasteiger partial charge < -0.3 is 5.73 Å². The summed E-state index contributed by atoms with van der Waals surface area (Å²) >= 11 is 0. The largest absolute Gasteiger partial charge is 0.399 e. The molecule has 0 unspecified atom stereocenters. The number of nitrogens with zero attached hydrogens (tertiary/aromatic N) is 1. The number of carbonyl (C=O) groups excluding carboxylic acids is 1. The van der Waals surface area contributed by atoms with Gasteiger partial charge in [0.1, 0.15) is 6.54 Å². The van der Waals surface area contributed by atoms with Crippen LogP contribution in [0.4, 0.5) is 5.69 Å². The number of nitrogens with two attached hydrogens (primary N) is 1. The number of hydrogen-bond donors (Lipinski definition) is 3. The Morgan fingerprint density at radius 1 is 1.29 bits per heavy atom. The Labute approximate surface area is 97.8 Å². The van der Waals surface area contributed by atoms with Crippen molar-refractivity contribution in [2.75, 3.05) is 12.3 Å². The average molecular weight is 254 g/mol. The van der Waals surface area contributed by atoms with Crippen molar-refractivity contribution in [2.45, 2.75) is 4.90 Å². The summed E-state index contributed by atoms with van der Waals surface area (Å²) in [7, 11) is -3.73. The van der Waals surface area contributed by atoms with E-state index < -0.39 is 10.0 Å². The van der Waals surface area contributed by atoms with Gasteiger partial charge in [-0.1, -0.05) is 0 Å². The molecule has 2 rings (SSSR count). The minimum absolute atomic E-state index is 0.0514. The molecular weight excluding hydrogens is 244 g/mol. The van der Waals surface area contributed by atoms with E-state index in [1.54, 1.807) is 0 Å². The lowest BCUT2D eigenvalue weighted by Gasteiger charge is -2.07. The zero-order valence-corrected chi connectivity index (χ0v) is 9.49. The maximum absolute atomic E-state index is 11.8. The van der Waals surface area contributed by atoms with Gasteiger partial charge >= 0.3 is 0 Å². The fourth-order valence-electron chi connectivity index (χ4n) is 1.25. The fraction of sp³-hybridized carbons (Fsp3) is 0.111. The Hall–Kier alpha value is -2.09. The maximum atomic E-state index is 11.8. The number of nitrogens with one attached hydrogen (secondary N) is 2. The molecule has 0 aliphatic carbocycles. The van der Waals surface area contributed by atoms with E-state index in [0.717, 1.165) is 0 Å². The Kier molecular flexibility index (Phi) is 2.72. The quantitative estimate of drug-likeness (QED) is 0.589. The zero-order valence-electron chi connectivity index (χ0n) is 8.67. The first kappa shape index (κ1) is 11.4. The fourth-order valence-corrected chi connectivity index (χ4v) is 2.24. The van der Waals surface area contributed by atoms with E-state index in [4.69, 9.17) is 5.73 Å². The first-order chi connectivity index (χ1) is 7.97. The van der Waals surface area contributed by atoms with Gasteiger partial charge in [0.05, 0.1) is 4.90 Å². The number of guanidine groups is 1. The molecule has 8 heteroatoms. The van der Waals surface area contributed by atoms with Crippen molar-refractivity contribution in [2.24, 2.45) is 4.99 Å². The third-order valence-electron chi connectivity index (χ3n) is 2.06. The normalized spacial score (nSPS) is 15.3. The molecule has 0 aromatic heterocycles. The van der Waals surface area contributed by atoms with Crippen LogP contribution in [0.1, 0.15) is 0 Å². The number of carbonyl (C=O) groups is 1. The number of nitrogen functional groups attached to an aromatic ring is 1. The summed E-state index contributed by atoms with van der Waals surface area (Å²) in [6, 6.07) is 5.69. The summed E-state index contributed by atoms with van der Waals surface area (Å²) in [6.07, 6.45) is 0. The molecule has 1 heterocycles. The van der Waals surface area contributed by atoms with Gasteiger partial charge in [-0.05, 0) is 24.3 Å². The third-order valence-corrected chi connectivity index (χ3v) is 3.41. The van der Waals surface area contributed by atoms with Gasteiger partial charge in [0, 0.05) is 5.69 Å². The summed E-state index contributed by atoms with van der Waals surface area (Å²) < 4.78 is 25.8. The van der Waals surface area contributed by atoms with Crippen LogP contribution in [0.15, 0.2) is 34.2 Å². The van der Waals surface area contributed by atoms with Gasteiger partial charge in [0.15, 0.2) is 0 Å². The van der Waals surface area contributed by atoms with Crippen molar-refractivity contribution in [1.29, 1.82) is 0 Å². The highest BCUT2D eigenvalue weighted by atomic mass is 32.2. The van der Waals surface area contributed by atoms with Crippen molar-refractivity contribution in [3.05, 3.63) is 24.3 Å². The Morgan fingerprint density at radius 2 is 1.94 bits per heavy atom. The Balaban J connectivity index is 2.20. The van der Waals surface area contributed by atoms with Gasteiger partial charge in [-0.25, -0.2) is 18.1 Å². The van der Waals surface area contributed by atoms with Crippen LogP contribution in [0.25, 0.3) is 0 Å². The molecule has 1 aromatic rings. The first-order valence-corrected chi connectivity index (χ1v) is 6.18. The van der Waals surface area contributed by atoms with Crippen LogP contribution in [0.2, 0.25) is 0 Å². The van der Waals surface area contributed by atoms with Crippen molar-refractivity contribution in [3.63, 3.8) is 0 Å². The maximum Gasteiger partial charge on any atom is 0.264 e. The highest BCUT2D eigenvalue weighted by Crippen LogP contribution is 2.11. The number of amides is 1. The van der Waals surface area contributed by atoms with E-state index in [2.05, 4.69) is 15.0 Å². The second kappa shape index (κ2) is 4.06. The second-order valence-corrected chi connectivity index (χ2v) is 5.07. The van der Waals surface area contributed by atoms with Crippen molar-refractivity contribution >= 4 is 27.6 Å². The number of hydrogen-bond acceptors (Lipinski definition) is 5. The molecule has 0 fully saturated rings. The molecule has 17 heavy (non-hydrogen) atoms. The molecule has 1 amide bonds. The highest BCUT2D eigenvalue weighted by Gasteiger charge is 2.20. The topological polar surface area (TPSA) is 114 Å². The standard InChI is InChI=1S/C9H10N4O3S/c10-6-1-3-7(4-2-6)17(15,16)13-9-11-5-8(14)12-9/h1-4H,5,10H2,(H2,11,12,13,14). The molecule has 0 radical (unpaired) electrons. The minimum atomic E-state index is -3.73. The molecule has 0 spiro atoms. The van der Waals surface area contributed by atoms with Gasteiger partial charge in [-0.3, -0.25) is 10.1 Å². The van der Waals surface area contributed by atoms with Crippen LogP contribution >= 0.6 is 0 Å². The van der Waals surface area contributed by atoms with Crippen molar-refractivity contribution in [3.8, 4) is 0 Å². The van der Waals surface area contributed by atoms with Crippen LogP contribution in [0.5, 0.6) is 0 Å². The number of aliphatic imine (C=N–C) groups is 1. The SMILES string of the molecule is Nc1ccc(S(=O)(=O)NC2=NCC(=O)N2)cc1. The smallest absolute Gasteiger partial charge is 0.264 e. The molecule has 1 aliphatic heterocycles. The summed E-state index contributed by atoms with van der Waals surface area (Å²) in [4.78, 5) is 14.6. The predicted octanol–water partition coefficient (Wildman–Crippen LogP) is -0.967. The average Bonchev–Trinajstić information content (AvgIpc) is 2.63. The number of sulfonamides is 1. The van der Waals surface area contributed by atoms with Crippen LogP contribution < -0.4 is 15.8 Å². The predicted molar refractivity (Wildman–Crippen MR) is 61.6 cm³/mol. The van der Waals surface area contributed by atoms with Gasteiger partial charge in [-0.2, -0.15) is 0 Å². The monoisotopic (exact) mass is 254 g/mol. The molecule has 4 N–H and O–H groups in total. The summed E-state index contributed by atoms with van der Waals surface area (Å²) in [5.41, 5.74) is 5.92. The Morgan fingerprint density at radius 3 is 2.47 bits per heavy atom. The molecule has 0 bridgehead atoms. The van der Waals surface area contributed by atoms with E-state index in [1.807, 2.05) is 0 Å². The summed E-state index contributed by atoms with van der Waals surface area (Å²) in [6.45, 7) is -0.0699. The summed E-state index contributed by atoms with van der Waals surface area (Å²) in [5.74, 6) is -0.410. The minimum Gasteiger partial charge on any atom is -0.399 e. The molecule has 7 nitrogen and oxygen atoms in total. The van der Waals surface area contributed by atoms with E-state index in [-0.39, 0.29) is 23.3 Å². The summed E-state index contributed by atoms with van der Waals surface area (Å²) in [5, 5.41) is 2.29. The third kappa shape index (κ3) is 2.53. The lowest BCUT2D eigenvalue weighted by molar-refractivity contribution is -0.117. The van der Waals surface area contributed by atoms with E-state index >= 15 is 0 Å². The van der Waals surface area contributed by atoms with E-state index in [1.165, 1.54) is 24.3 Å². The molecule has 90 valence electrons. The first-order valence-electron chi connectivity index (χ1n) is 4.70. The molecule has 1 aliphatic rings. The highest BCUT2D eigenvalue weighted by molar-refractivity contribution is 7.90. The molecule has 0 atom stereocenters.